The van der Waals surface area contributed by atoms with Crippen LogP contribution in [0, 0.1) is 0 Å². The SMILES string of the molecule is CC(C)(C)c1cc[n+](/C=C2\C=CC3=CC/C(=C\[n+]4ccc(C(C)(C)C)cc4)C=C3C2)cc1. The molecule has 2 heterocycles. The van der Waals surface area contributed by atoms with Crippen LogP contribution in [0.4, 0.5) is 0 Å². The number of rotatable bonds is 2. The van der Waals surface area contributed by atoms with E-state index in [0.29, 0.717) is 0 Å². The van der Waals surface area contributed by atoms with Crippen molar-refractivity contribution in [2.24, 2.45) is 0 Å². The summed E-state index contributed by atoms with van der Waals surface area (Å²) in [5, 5.41) is 0. The van der Waals surface area contributed by atoms with Gasteiger partial charge in [0, 0.05) is 41.8 Å². The van der Waals surface area contributed by atoms with E-state index in [4.69, 9.17) is 0 Å². The smallest absolute Gasteiger partial charge is 0.173 e. The molecule has 2 aromatic heterocycles. The molecule has 0 unspecified atom stereocenters. The maximum atomic E-state index is 2.37. The lowest BCUT2D eigenvalue weighted by molar-refractivity contribution is -0.569. The number of aromatic nitrogens is 2. The summed E-state index contributed by atoms with van der Waals surface area (Å²) in [6.45, 7) is 13.5. The number of fused-ring (bicyclic) bond motifs is 1. The van der Waals surface area contributed by atoms with E-state index in [1.54, 1.807) is 0 Å². The summed E-state index contributed by atoms with van der Waals surface area (Å²) >= 11 is 0. The Kier molecular flexibility index (Phi) is 5.90. The van der Waals surface area contributed by atoms with Crippen LogP contribution in [-0.2, 0) is 10.8 Å². The third-order valence-corrected chi connectivity index (χ3v) is 6.23. The summed E-state index contributed by atoms with van der Waals surface area (Å²) in [5.41, 5.74) is 8.50. The van der Waals surface area contributed by atoms with Crippen molar-refractivity contribution in [1.82, 2.24) is 0 Å². The predicted molar refractivity (Wildman–Crippen MR) is 134 cm³/mol. The monoisotopic (exact) mass is 424 g/mol. The van der Waals surface area contributed by atoms with Gasteiger partial charge in [-0.25, -0.2) is 0 Å². The zero-order valence-electron chi connectivity index (χ0n) is 20.4. The molecule has 2 aromatic rings. The Hall–Kier alpha value is -3.00. The minimum Gasteiger partial charge on any atom is -0.173 e. The molecule has 0 fully saturated rings. The van der Waals surface area contributed by atoms with E-state index in [1.807, 2.05) is 0 Å². The quantitative estimate of drug-likeness (QED) is 0.489. The highest BCUT2D eigenvalue weighted by Crippen LogP contribution is 2.32. The molecule has 164 valence electrons. The van der Waals surface area contributed by atoms with E-state index in [0.717, 1.165) is 12.8 Å². The van der Waals surface area contributed by atoms with E-state index in [9.17, 15) is 0 Å². The van der Waals surface area contributed by atoms with Gasteiger partial charge in [0.05, 0.1) is 0 Å². The van der Waals surface area contributed by atoms with Gasteiger partial charge in [0.2, 0.25) is 0 Å². The van der Waals surface area contributed by atoms with Crippen LogP contribution in [0.1, 0.15) is 65.5 Å². The molecule has 4 rings (SSSR count). The van der Waals surface area contributed by atoms with Crippen LogP contribution in [-0.4, -0.2) is 0 Å². The van der Waals surface area contributed by atoms with Crippen LogP contribution in [0.25, 0.3) is 12.4 Å². The molecule has 0 saturated carbocycles. The molecule has 2 aliphatic carbocycles. The summed E-state index contributed by atoms with van der Waals surface area (Å²) in [6, 6.07) is 8.89. The maximum Gasteiger partial charge on any atom is 0.178 e. The molecule has 2 nitrogen and oxygen atoms in total. The number of pyridine rings is 2. The Morgan fingerprint density at radius 2 is 1.19 bits per heavy atom. The summed E-state index contributed by atoms with van der Waals surface area (Å²) in [4.78, 5) is 0. The van der Waals surface area contributed by atoms with Gasteiger partial charge in [0.15, 0.2) is 37.2 Å². The van der Waals surface area contributed by atoms with Gasteiger partial charge in [-0.2, -0.15) is 9.13 Å². The van der Waals surface area contributed by atoms with Crippen LogP contribution in [0.3, 0.4) is 0 Å². The molecule has 0 N–H and O–H groups in total. The molecule has 0 saturated heterocycles. The van der Waals surface area contributed by atoms with E-state index < -0.39 is 0 Å². The van der Waals surface area contributed by atoms with Crippen molar-refractivity contribution in [3.05, 3.63) is 107 Å². The van der Waals surface area contributed by atoms with Gasteiger partial charge in [-0.05, 0) is 45.6 Å². The number of allylic oxidation sites excluding steroid dienone is 8. The highest BCUT2D eigenvalue weighted by molar-refractivity contribution is 5.58. The number of hydrogen-bond donors (Lipinski definition) is 0. The Morgan fingerprint density at radius 3 is 1.69 bits per heavy atom. The Morgan fingerprint density at radius 1 is 0.688 bits per heavy atom. The lowest BCUT2D eigenvalue weighted by Crippen LogP contribution is -2.27. The van der Waals surface area contributed by atoms with E-state index in [2.05, 4.69) is 136 Å². The van der Waals surface area contributed by atoms with Crippen molar-refractivity contribution in [3.63, 3.8) is 0 Å². The predicted octanol–water partition coefficient (Wildman–Crippen LogP) is 6.46. The average Bonchev–Trinajstić information content (AvgIpc) is 2.73. The van der Waals surface area contributed by atoms with Crippen molar-refractivity contribution in [1.29, 1.82) is 0 Å². The first-order valence-electron chi connectivity index (χ1n) is 11.6. The molecule has 2 heteroatoms. The normalized spacial score (nSPS) is 19.1. The maximum absolute atomic E-state index is 2.37. The van der Waals surface area contributed by atoms with E-state index in [1.165, 1.54) is 33.4 Å². The Bertz CT molecular complexity index is 1140. The fraction of sp³-hybridized carbons (Fsp3) is 0.333. The first kappa shape index (κ1) is 22.2. The van der Waals surface area contributed by atoms with Crippen LogP contribution < -0.4 is 9.13 Å². The van der Waals surface area contributed by atoms with E-state index >= 15 is 0 Å². The van der Waals surface area contributed by atoms with Crippen molar-refractivity contribution < 1.29 is 9.13 Å². The van der Waals surface area contributed by atoms with Crippen molar-refractivity contribution in [3.8, 4) is 0 Å². The molecular formula is C30H36N2+2. The highest BCUT2D eigenvalue weighted by Gasteiger charge is 2.19. The van der Waals surface area contributed by atoms with Crippen LogP contribution >= 0.6 is 0 Å². The van der Waals surface area contributed by atoms with Crippen LogP contribution in [0.5, 0.6) is 0 Å². The summed E-state index contributed by atoms with van der Waals surface area (Å²) in [5.74, 6) is 0. The summed E-state index contributed by atoms with van der Waals surface area (Å²) < 4.78 is 4.33. The minimum absolute atomic E-state index is 0.178. The zero-order valence-corrected chi connectivity index (χ0v) is 20.4. The third-order valence-electron chi connectivity index (χ3n) is 6.23. The highest BCUT2D eigenvalue weighted by atomic mass is 14.9. The minimum atomic E-state index is 0.178. The van der Waals surface area contributed by atoms with Gasteiger partial charge >= 0.3 is 0 Å². The zero-order chi connectivity index (χ0) is 22.9. The molecule has 2 aliphatic rings. The number of hydrogen-bond acceptors (Lipinski definition) is 0. The Labute approximate surface area is 193 Å². The first-order chi connectivity index (χ1) is 15.1. The molecular weight excluding hydrogens is 388 g/mol. The van der Waals surface area contributed by atoms with Crippen LogP contribution in [0.15, 0.2) is 95.6 Å². The molecule has 0 spiro atoms. The van der Waals surface area contributed by atoms with E-state index in [-0.39, 0.29) is 10.8 Å². The fourth-order valence-corrected chi connectivity index (χ4v) is 4.14. The fourth-order valence-electron chi connectivity index (χ4n) is 4.14. The van der Waals surface area contributed by atoms with Gasteiger partial charge in [-0.3, -0.25) is 0 Å². The van der Waals surface area contributed by atoms with Gasteiger partial charge in [0.25, 0.3) is 0 Å². The average molecular weight is 425 g/mol. The standard InChI is InChI=1S/C30H36N2/c1-29(2,3)27-11-15-31(16-12-27)21-23-7-9-25-10-8-24(20-26(25)19-23)22-32-17-13-28(14-18-32)30(4,5)6/h7,9-18,20-22H,8,19H2,1-6H3/q+2/b23-21+,24-22+. The topological polar surface area (TPSA) is 7.76 Å². The molecule has 0 radical (unpaired) electrons. The Balaban J connectivity index is 1.52. The lowest BCUT2D eigenvalue weighted by atomic mass is 9.86. The van der Waals surface area contributed by atoms with Crippen LogP contribution in [0.2, 0.25) is 0 Å². The van der Waals surface area contributed by atoms with Crippen molar-refractivity contribution >= 4 is 12.4 Å². The van der Waals surface area contributed by atoms with Gasteiger partial charge in [-0.1, -0.05) is 59.8 Å². The number of nitrogens with zero attached hydrogens (tertiary/aromatic N) is 2. The molecule has 0 amide bonds. The second kappa shape index (κ2) is 8.50. The second-order valence-corrected chi connectivity index (χ2v) is 11.0. The molecule has 0 atom stereocenters. The van der Waals surface area contributed by atoms with Gasteiger partial charge in [0.1, 0.15) is 0 Å². The molecule has 32 heavy (non-hydrogen) atoms. The molecule has 0 aromatic carbocycles. The molecule has 0 aliphatic heterocycles. The summed E-state index contributed by atoms with van der Waals surface area (Å²) in [6.07, 6.45) is 24.3. The first-order valence-corrected chi connectivity index (χ1v) is 11.6. The second-order valence-electron chi connectivity index (χ2n) is 11.0. The van der Waals surface area contributed by atoms with Gasteiger partial charge in [-0.15, -0.1) is 0 Å². The molecule has 0 bridgehead atoms. The lowest BCUT2D eigenvalue weighted by Gasteiger charge is -2.19. The van der Waals surface area contributed by atoms with Crippen molar-refractivity contribution in [2.45, 2.75) is 65.2 Å². The van der Waals surface area contributed by atoms with Gasteiger partial charge < -0.3 is 0 Å². The van der Waals surface area contributed by atoms with Crippen molar-refractivity contribution in [2.75, 3.05) is 0 Å². The largest absolute Gasteiger partial charge is 0.178 e. The summed E-state index contributed by atoms with van der Waals surface area (Å²) in [7, 11) is 0. The third kappa shape index (κ3) is 5.24.